The normalized spacial score (nSPS) is 26.7. The molecule has 0 unspecified atom stereocenters. The van der Waals surface area contributed by atoms with Crippen molar-refractivity contribution in [2.75, 3.05) is 6.61 Å². The number of rotatable bonds is 6. The minimum absolute atomic E-state index is 0.0949. The number of ether oxygens (including phenoxy) is 2. The Morgan fingerprint density at radius 3 is 2.45 bits per heavy atom. The van der Waals surface area contributed by atoms with Gasteiger partial charge in [-0.25, -0.2) is 4.79 Å². The second-order valence-corrected chi connectivity index (χ2v) is 6.48. The highest BCUT2D eigenvalue weighted by molar-refractivity contribution is 5.91. The van der Waals surface area contributed by atoms with Gasteiger partial charge in [0.25, 0.3) is 0 Å². The third-order valence-corrected chi connectivity index (χ3v) is 4.56. The van der Waals surface area contributed by atoms with Crippen LogP contribution < -0.4 is 4.74 Å². The van der Waals surface area contributed by atoms with Crippen LogP contribution in [0.2, 0.25) is 0 Å². The van der Waals surface area contributed by atoms with Crippen molar-refractivity contribution in [1.29, 1.82) is 0 Å². The average Bonchev–Trinajstić information content (AvgIpc) is 2.74. The van der Waals surface area contributed by atoms with E-state index in [1.165, 1.54) is 18.2 Å². The monoisotopic (exact) mass is 405 g/mol. The van der Waals surface area contributed by atoms with Gasteiger partial charge in [0.05, 0.1) is 12.2 Å². The molecule has 3 rings (SSSR count). The molecule has 0 saturated carbocycles. The first-order chi connectivity index (χ1) is 13.8. The van der Waals surface area contributed by atoms with Crippen LogP contribution in [0.25, 0.3) is 11.1 Å². The second-order valence-electron chi connectivity index (χ2n) is 6.48. The Balaban J connectivity index is 1.97. The fourth-order valence-corrected chi connectivity index (χ4v) is 3.04. The third kappa shape index (κ3) is 4.26. The quantitative estimate of drug-likeness (QED) is 0.433. The molecule has 1 saturated heterocycles. The van der Waals surface area contributed by atoms with E-state index in [2.05, 4.69) is 5.18 Å². The number of aromatic carboxylic acids is 1. The zero-order chi connectivity index (χ0) is 21.1. The lowest BCUT2D eigenvalue weighted by Crippen LogP contribution is -2.60. The van der Waals surface area contributed by atoms with Gasteiger partial charge in [0, 0.05) is 5.56 Å². The van der Waals surface area contributed by atoms with Crippen LogP contribution in [0.5, 0.6) is 5.75 Å². The Kier molecular flexibility index (Phi) is 6.20. The molecule has 2 aromatic rings. The molecule has 5 N–H and O–H groups in total. The van der Waals surface area contributed by atoms with Crippen LogP contribution in [0.4, 0.5) is 5.69 Å². The van der Waals surface area contributed by atoms with E-state index in [0.717, 1.165) is 6.07 Å². The maximum atomic E-state index is 11.3. The van der Waals surface area contributed by atoms with Gasteiger partial charge in [-0.2, -0.15) is 0 Å². The van der Waals surface area contributed by atoms with Crippen molar-refractivity contribution in [3.8, 4) is 16.9 Å². The van der Waals surface area contributed by atoms with Crippen LogP contribution >= 0.6 is 0 Å². The molecule has 2 aromatic carbocycles. The minimum Gasteiger partial charge on any atom is -0.478 e. The predicted molar refractivity (Wildman–Crippen MR) is 98.7 cm³/mol. The van der Waals surface area contributed by atoms with Gasteiger partial charge in [-0.3, -0.25) is 0 Å². The lowest BCUT2D eigenvalue weighted by Gasteiger charge is -2.39. The van der Waals surface area contributed by atoms with Crippen LogP contribution in [0.15, 0.2) is 47.6 Å². The van der Waals surface area contributed by atoms with E-state index < -0.39 is 43.3 Å². The summed E-state index contributed by atoms with van der Waals surface area (Å²) in [6.45, 7) is -0.610. The summed E-state index contributed by atoms with van der Waals surface area (Å²) in [4.78, 5) is 22.3. The lowest BCUT2D eigenvalue weighted by atomic mass is 9.99. The van der Waals surface area contributed by atoms with Crippen LogP contribution in [-0.4, -0.2) is 68.8 Å². The van der Waals surface area contributed by atoms with Gasteiger partial charge >= 0.3 is 5.97 Å². The Bertz CT molecular complexity index is 901. The van der Waals surface area contributed by atoms with Gasteiger partial charge in [-0.1, -0.05) is 18.2 Å². The predicted octanol–water partition coefficient (Wildman–Crippen LogP) is 0.628. The molecule has 154 valence electrons. The summed E-state index contributed by atoms with van der Waals surface area (Å²) in [5.74, 6) is -1.10. The standard InChI is InChI=1S/C19H19NO9/c21-8-14-15(22)16(23)17(24)19(29-14)28-13-4-2-1-3-12(13)9-5-10(18(25)26)7-11(6-9)20-27/h1-7,14-17,19,21-24H,8H2,(H,25,26)/t14-,15+,16+,17-,19-/m1/s1. The molecule has 0 aliphatic carbocycles. The van der Waals surface area contributed by atoms with Crippen molar-refractivity contribution < 1.29 is 39.8 Å². The van der Waals surface area contributed by atoms with Gasteiger partial charge in [0.15, 0.2) is 0 Å². The summed E-state index contributed by atoms with van der Waals surface area (Å²) in [7, 11) is 0. The average molecular weight is 405 g/mol. The van der Waals surface area contributed by atoms with Gasteiger partial charge in [0.2, 0.25) is 6.29 Å². The number of para-hydroxylation sites is 1. The maximum absolute atomic E-state index is 11.3. The largest absolute Gasteiger partial charge is 0.478 e. The smallest absolute Gasteiger partial charge is 0.335 e. The number of carbonyl (C=O) groups is 1. The van der Waals surface area contributed by atoms with Crippen molar-refractivity contribution in [2.45, 2.75) is 30.7 Å². The Morgan fingerprint density at radius 1 is 1.07 bits per heavy atom. The maximum Gasteiger partial charge on any atom is 0.335 e. The number of benzene rings is 2. The fourth-order valence-electron chi connectivity index (χ4n) is 3.04. The first-order valence-electron chi connectivity index (χ1n) is 8.64. The molecule has 0 bridgehead atoms. The highest BCUT2D eigenvalue weighted by atomic mass is 16.7. The van der Waals surface area contributed by atoms with Crippen molar-refractivity contribution in [1.82, 2.24) is 0 Å². The Labute approximate surface area is 164 Å². The highest BCUT2D eigenvalue weighted by Crippen LogP contribution is 2.35. The van der Waals surface area contributed by atoms with Crippen molar-refractivity contribution in [2.24, 2.45) is 5.18 Å². The van der Waals surface area contributed by atoms with E-state index in [1.54, 1.807) is 18.2 Å². The fraction of sp³-hybridized carbons (Fsp3) is 0.316. The van der Waals surface area contributed by atoms with Crippen molar-refractivity contribution in [3.63, 3.8) is 0 Å². The van der Waals surface area contributed by atoms with E-state index in [4.69, 9.17) is 9.47 Å². The van der Waals surface area contributed by atoms with Gasteiger partial charge in [0.1, 0.15) is 35.9 Å². The summed E-state index contributed by atoms with van der Waals surface area (Å²) in [6.07, 6.45) is -7.32. The second kappa shape index (κ2) is 8.64. The number of hydrogen-bond donors (Lipinski definition) is 5. The zero-order valence-corrected chi connectivity index (χ0v) is 15.0. The molecule has 0 radical (unpaired) electrons. The number of aliphatic hydroxyl groups is 4. The summed E-state index contributed by atoms with van der Waals surface area (Å²) in [5, 5.41) is 51.3. The molecule has 0 aromatic heterocycles. The molecule has 10 heteroatoms. The van der Waals surface area contributed by atoms with Crippen LogP contribution in [0.3, 0.4) is 0 Å². The SMILES string of the molecule is O=Nc1cc(C(=O)O)cc(-c2ccccc2O[C@@H]2O[C@H](CO)[C@H](O)[C@H](O)[C@H]2O)c1. The first kappa shape index (κ1) is 20.8. The number of hydrogen-bond acceptors (Lipinski definition) is 9. The van der Waals surface area contributed by atoms with Gasteiger partial charge in [-0.05, 0) is 35.0 Å². The van der Waals surface area contributed by atoms with E-state index in [1.807, 2.05) is 0 Å². The molecule has 0 amide bonds. The van der Waals surface area contributed by atoms with E-state index in [-0.39, 0.29) is 17.0 Å². The van der Waals surface area contributed by atoms with Gasteiger partial charge < -0.3 is 35.0 Å². The zero-order valence-electron chi connectivity index (χ0n) is 15.0. The third-order valence-electron chi connectivity index (χ3n) is 4.56. The topological polar surface area (TPSA) is 166 Å². The van der Waals surface area contributed by atoms with Crippen molar-refractivity contribution >= 4 is 11.7 Å². The number of carboxylic acid groups (broad SMARTS) is 1. The minimum atomic E-state index is -1.61. The summed E-state index contributed by atoms with van der Waals surface area (Å²) >= 11 is 0. The number of nitrogens with zero attached hydrogens (tertiary/aromatic N) is 1. The molecule has 1 aliphatic rings. The van der Waals surface area contributed by atoms with Gasteiger partial charge in [-0.15, -0.1) is 4.91 Å². The first-order valence-corrected chi connectivity index (χ1v) is 8.64. The molecule has 1 heterocycles. The molecular weight excluding hydrogens is 386 g/mol. The Morgan fingerprint density at radius 2 is 1.79 bits per heavy atom. The molecule has 29 heavy (non-hydrogen) atoms. The van der Waals surface area contributed by atoms with Crippen LogP contribution in [0, 0.1) is 4.91 Å². The highest BCUT2D eigenvalue weighted by Gasteiger charge is 2.44. The molecule has 1 aliphatic heterocycles. The van der Waals surface area contributed by atoms with Crippen molar-refractivity contribution in [3.05, 3.63) is 52.9 Å². The van der Waals surface area contributed by atoms with E-state index in [0.29, 0.717) is 11.1 Å². The summed E-state index contributed by atoms with van der Waals surface area (Å²) in [5.41, 5.74) is 0.444. The van der Waals surface area contributed by atoms with E-state index >= 15 is 0 Å². The molecule has 10 nitrogen and oxygen atoms in total. The molecular formula is C19H19NO9. The number of carboxylic acids is 1. The Hall–Kier alpha value is -2.89. The number of aliphatic hydroxyl groups excluding tert-OH is 4. The molecule has 1 fully saturated rings. The number of nitroso groups, excluding NO2 is 1. The lowest BCUT2D eigenvalue weighted by molar-refractivity contribution is -0.277. The van der Waals surface area contributed by atoms with Crippen LogP contribution in [-0.2, 0) is 4.74 Å². The van der Waals surface area contributed by atoms with Crippen LogP contribution in [0.1, 0.15) is 10.4 Å². The molecule has 0 spiro atoms. The summed E-state index contributed by atoms with van der Waals surface area (Å²) < 4.78 is 11.0. The summed E-state index contributed by atoms with van der Waals surface area (Å²) in [6, 6.07) is 10.2. The molecule has 5 atom stereocenters. The van der Waals surface area contributed by atoms with E-state index in [9.17, 15) is 35.2 Å².